The number of thiocarbonyl (C=S) groups is 1. The summed E-state index contributed by atoms with van der Waals surface area (Å²) in [5, 5.41) is 0. The first-order valence-electron chi connectivity index (χ1n) is 5.27. The number of pyridine rings is 1. The van der Waals surface area contributed by atoms with E-state index in [-0.39, 0.29) is 4.99 Å². The number of ether oxygens (including phenoxy) is 2. The number of methoxy groups -OCH3 is 1. The highest BCUT2D eigenvalue weighted by atomic mass is 32.1. The molecule has 0 unspecified atom stereocenters. The minimum atomic E-state index is 0.263. The Morgan fingerprint density at radius 3 is 2.44 bits per heavy atom. The van der Waals surface area contributed by atoms with Crippen LogP contribution >= 0.6 is 12.2 Å². The summed E-state index contributed by atoms with van der Waals surface area (Å²) in [7, 11) is 1.59. The Balaban J connectivity index is 2.21. The van der Waals surface area contributed by atoms with Crippen molar-refractivity contribution in [3.8, 4) is 17.2 Å². The predicted molar refractivity (Wildman–Crippen MR) is 73.2 cm³/mol. The number of aromatic nitrogens is 1. The van der Waals surface area contributed by atoms with Gasteiger partial charge in [-0.1, -0.05) is 24.4 Å². The fourth-order valence-corrected chi connectivity index (χ4v) is 1.54. The van der Waals surface area contributed by atoms with E-state index in [4.69, 9.17) is 27.4 Å². The Labute approximate surface area is 110 Å². The molecule has 0 aliphatic heterocycles. The largest absolute Gasteiger partial charge is 0.493 e. The number of hydrogen-bond acceptors (Lipinski definition) is 4. The number of hydrogen-bond donors (Lipinski definition) is 1. The summed E-state index contributed by atoms with van der Waals surface area (Å²) in [6, 6.07) is 10.9. The van der Waals surface area contributed by atoms with Crippen molar-refractivity contribution in [3.05, 3.63) is 48.3 Å². The highest BCUT2D eigenvalue weighted by Crippen LogP contribution is 2.30. The van der Waals surface area contributed by atoms with Crippen LogP contribution in [0.3, 0.4) is 0 Å². The average Bonchev–Trinajstić information content (AvgIpc) is 2.40. The smallest absolute Gasteiger partial charge is 0.169 e. The van der Waals surface area contributed by atoms with Gasteiger partial charge in [-0.2, -0.15) is 0 Å². The molecule has 0 saturated carbocycles. The van der Waals surface area contributed by atoms with Gasteiger partial charge in [0.05, 0.1) is 19.0 Å². The molecule has 0 spiro atoms. The predicted octanol–water partition coefficient (Wildman–Crippen LogP) is 2.52. The van der Waals surface area contributed by atoms with E-state index in [9.17, 15) is 0 Å². The molecule has 0 fully saturated rings. The lowest BCUT2D eigenvalue weighted by atomic mass is 10.3. The van der Waals surface area contributed by atoms with Crippen molar-refractivity contribution in [2.24, 2.45) is 5.73 Å². The Bertz CT molecular complexity index is 555. The van der Waals surface area contributed by atoms with Crippen LogP contribution in [-0.2, 0) is 0 Å². The SMILES string of the molecule is COc1ccccc1Oc1ccc(C(N)=S)nc1. The molecule has 0 aliphatic rings. The van der Waals surface area contributed by atoms with Gasteiger partial charge in [0, 0.05) is 0 Å². The molecular weight excluding hydrogens is 248 g/mol. The second-order valence-electron chi connectivity index (χ2n) is 3.50. The Hall–Kier alpha value is -2.14. The first-order valence-corrected chi connectivity index (χ1v) is 5.68. The number of benzene rings is 1. The molecule has 1 aromatic heterocycles. The zero-order valence-corrected chi connectivity index (χ0v) is 10.6. The van der Waals surface area contributed by atoms with E-state index in [0.717, 1.165) is 0 Å². The van der Waals surface area contributed by atoms with Gasteiger partial charge >= 0.3 is 0 Å². The van der Waals surface area contributed by atoms with Crippen molar-refractivity contribution in [2.75, 3.05) is 7.11 Å². The van der Waals surface area contributed by atoms with Crippen LogP contribution in [0.1, 0.15) is 5.69 Å². The van der Waals surface area contributed by atoms with Crippen LogP contribution in [0.15, 0.2) is 42.6 Å². The Kier molecular flexibility index (Phi) is 3.74. The zero-order chi connectivity index (χ0) is 13.0. The molecule has 5 heteroatoms. The van der Waals surface area contributed by atoms with E-state index in [1.54, 1.807) is 25.4 Å². The number of para-hydroxylation sites is 2. The van der Waals surface area contributed by atoms with Crippen LogP contribution < -0.4 is 15.2 Å². The second-order valence-corrected chi connectivity index (χ2v) is 3.94. The molecule has 0 bridgehead atoms. The van der Waals surface area contributed by atoms with Crippen LogP contribution in [-0.4, -0.2) is 17.1 Å². The van der Waals surface area contributed by atoms with Gasteiger partial charge in [-0.15, -0.1) is 0 Å². The lowest BCUT2D eigenvalue weighted by molar-refractivity contribution is 0.378. The Morgan fingerprint density at radius 2 is 1.89 bits per heavy atom. The topological polar surface area (TPSA) is 57.4 Å². The minimum Gasteiger partial charge on any atom is -0.493 e. The third-order valence-electron chi connectivity index (χ3n) is 2.29. The maximum atomic E-state index is 5.66. The van der Waals surface area contributed by atoms with Gasteiger partial charge in [0.15, 0.2) is 11.5 Å². The molecule has 1 heterocycles. The fourth-order valence-electron chi connectivity index (χ4n) is 1.42. The van der Waals surface area contributed by atoms with Gasteiger partial charge in [-0.3, -0.25) is 0 Å². The van der Waals surface area contributed by atoms with Crippen molar-refractivity contribution in [1.82, 2.24) is 4.98 Å². The maximum Gasteiger partial charge on any atom is 0.169 e. The van der Waals surface area contributed by atoms with Crippen LogP contribution in [0, 0.1) is 0 Å². The molecule has 0 saturated heterocycles. The van der Waals surface area contributed by atoms with E-state index < -0.39 is 0 Å². The van der Waals surface area contributed by atoms with Gasteiger partial charge in [0.25, 0.3) is 0 Å². The van der Waals surface area contributed by atoms with Crippen LogP contribution in [0.4, 0.5) is 0 Å². The molecule has 0 atom stereocenters. The third kappa shape index (κ3) is 2.75. The van der Waals surface area contributed by atoms with Gasteiger partial charge in [0.2, 0.25) is 0 Å². The molecule has 0 radical (unpaired) electrons. The van der Waals surface area contributed by atoms with E-state index in [1.807, 2.05) is 24.3 Å². The summed E-state index contributed by atoms with van der Waals surface area (Å²) in [4.78, 5) is 4.36. The molecule has 2 N–H and O–H groups in total. The van der Waals surface area contributed by atoms with E-state index >= 15 is 0 Å². The number of nitrogens with zero attached hydrogens (tertiary/aromatic N) is 1. The highest BCUT2D eigenvalue weighted by Gasteiger charge is 2.05. The molecule has 0 amide bonds. The summed E-state index contributed by atoms with van der Waals surface area (Å²) in [6.45, 7) is 0. The quantitative estimate of drug-likeness (QED) is 0.856. The zero-order valence-electron chi connectivity index (χ0n) is 9.79. The average molecular weight is 260 g/mol. The van der Waals surface area contributed by atoms with Crippen LogP contribution in [0.25, 0.3) is 0 Å². The first kappa shape index (κ1) is 12.3. The van der Waals surface area contributed by atoms with Crippen LogP contribution in [0.2, 0.25) is 0 Å². The lowest BCUT2D eigenvalue weighted by Gasteiger charge is -2.09. The molecule has 18 heavy (non-hydrogen) atoms. The first-order chi connectivity index (χ1) is 8.70. The number of nitrogens with two attached hydrogens (primary N) is 1. The maximum absolute atomic E-state index is 5.66. The van der Waals surface area contributed by atoms with E-state index in [1.165, 1.54) is 0 Å². The Morgan fingerprint density at radius 1 is 1.17 bits per heavy atom. The second kappa shape index (κ2) is 5.46. The lowest BCUT2D eigenvalue weighted by Crippen LogP contribution is -2.10. The van der Waals surface area contributed by atoms with E-state index in [0.29, 0.717) is 22.9 Å². The van der Waals surface area contributed by atoms with Gasteiger partial charge in [0.1, 0.15) is 10.7 Å². The van der Waals surface area contributed by atoms with Gasteiger partial charge in [-0.05, 0) is 24.3 Å². The standard InChI is InChI=1S/C13H12N2O2S/c1-16-11-4-2-3-5-12(11)17-9-6-7-10(13(14)18)15-8-9/h2-8H,1H3,(H2,14,18). The van der Waals surface area contributed by atoms with Crippen LogP contribution in [0.5, 0.6) is 17.2 Å². The molecule has 1 aromatic carbocycles. The summed E-state index contributed by atoms with van der Waals surface area (Å²) in [5.74, 6) is 1.89. The molecular formula is C13H12N2O2S. The highest BCUT2D eigenvalue weighted by molar-refractivity contribution is 7.80. The van der Waals surface area contributed by atoms with Crippen molar-refractivity contribution in [3.63, 3.8) is 0 Å². The van der Waals surface area contributed by atoms with Crippen molar-refractivity contribution >= 4 is 17.2 Å². The van der Waals surface area contributed by atoms with E-state index in [2.05, 4.69) is 4.98 Å². The van der Waals surface area contributed by atoms with Gasteiger partial charge < -0.3 is 15.2 Å². The molecule has 92 valence electrons. The number of rotatable bonds is 4. The molecule has 2 rings (SSSR count). The molecule has 0 aliphatic carbocycles. The molecule has 4 nitrogen and oxygen atoms in total. The summed E-state index contributed by atoms with van der Waals surface area (Å²) >= 11 is 4.83. The fraction of sp³-hybridized carbons (Fsp3) is 0.0769. The summed E-state index contributed by atoms with van der Waals surface area (Å²) in [5.41, 5.74) is 6.04. The summed E-state index contributed by atoms with van der Waals surface area (Å²) in [6.07, 6.45) is 1.57. The summed E-state index contributed by atoms with van der Waals surface area (Å²) < 4.78 is 10.9. The van der Waals surface area contributed by atoms with Crippen molar-refractivity contribution in [1.29, 1.82) is 0 Å². The molecule has 2 aromatic rings. The van der Waals surface area contributed by atoms with Crippen molar-refractivity contribution < 1.29 is 9.47 Å². The third-order valence-corrected chi connectivity index (χ3v) is 2.49. The normalized spacial score (nSPS) is 9.83. The van der Waals surface area contributed by atoms with Gasteiger partial charge in [-0.25, -0.2) is 4.98 Å². The van der Waals surface area contributed by atoms with Crippen molar-refractivity contribution in [2.45, 2.75) is 0 Å². The minimum absolute atomic E-state index is 0.263. The monoisotopic (exact) mass is 260 g/mol.